The highest BCUT2D eigenvalue weighted by atomic mass is 32.2. The van der Waals surface area contributed by atoms with E-state index in [1.807, 2.05) is 11.8 Å². The highest BCUT2D eigenvalue weighted by Crippen LogP contribution is 2.27. The first-order chi connectivity index (χ1) is 12.6. The molecule has 2 rings (SSSR count). The van der Waals surface area contributed by atoms with Crippen molar-refractivity contribution in [2.45, 2.75) is 70.6 Å². The molecule has 1 amide bonds. The van der Waals surface area contributed by atoms with Gasteiger partial charge < -0.3 is 15.5 Å². The fourth-order valence-electron chi connectivity index (χ4n) is 3.61. The number of rotatable bonds is 6. The van der Waals surface area contributed by atoms with Crippen molar-refractivity contribution in [1.82, 2.24) is 15.5 Å². The van der Waals surface area contributed by atoms with Crippen molar-refractivity contribution >= 4 is 21.7 Å². The van der Waals surface area contributed by atoms with Gasteiger partial charge in [-0.05, 0) is 47.0 Å². The van der Waals surface area contributed by atoms with Crippen LogP contribution in [0.3, 0.4) is 0 Å². The smallest absolute Gasteiger partial charge is 0.225 e. The summed E-state index contributed by atoms with van der Waals surface area (Å²) < 4.78 is 23.7. The maximum atomic E-state index is 12.6. The minimum Gasteiger partial charge on any atom is -0.357 e. The first kappa shape index (κ1) is 22.0. The van der Waals surface area contributed by atoms with E-state index in [0.717, 1.165) is 25.8 Å². The standard InChI is InChI=1S/C19H36N4O3S/c1-5-20-18(21-11-13-27(25,26)19(2,3)4)22-16-10-12-23(14-16)17(24)15-8-6-7-9-15/h15-16H,5-14H2,1-4H3,(H2,20,21,22). The first-order valence-electron chi connectivity index (χ1n) is 10.2. The van der Waals surface area contributed by atoms with E-state index in [1.54, 1.807) is 20.8 Å². The molecule has 1 aliphatic heterocycles. The maximum Gasteiger partial charge on any atom is 0.225 e. The van der Waals surface area contributed by atoms with E-state index in [0.29, 0.717) is 25.0 Å². The van der Waals surface area contributed by atoms with E-state index in [9.17, 15) is 13.2 Å². The van der Waals surface area contributed by atoms with Crippen LogP contribution in [0.2, 0.25) is 0 Å². The number of likely N-dealkylation sites (tertiary alicyclic amines) is 1. The lowest BCUT2D eigenvalue weighted by atomic mass is 10.1. The Labute approximate surface area is 164 Å². The van der Waals surface area contributed by atoms with E-state index in [4.69, 9.17) is 0 Å². The Morgan fingerprint density at radius 2 is 1.85 bits per heavy atom. The fourth-order valence-corrected chi connectivity index (χ4v) is 4.55. The van der Waals surface area contributed by atoms with Crippen LogP contribution in [0.4, 0.5) is 0 Å². The number of guanidine groups is 1. The van der Waals surface area contributed by atoms with Gasteiger partial charge in [0.25, 0.3) is 0 Å². The van der Waals surface area contributed by atoms with Crippen LogP contribution < -0.4 is 10.6 Å². The summed E-state index contributed by atoms with van der Waals surface area (Å²) >= 11 is 0. The van der Waals surface area contributed by atoms with Gasteiger partial charge in [0.1, 0.15) is 0 Å². The van der Waals surface area contributed by atoms with Crippen molar-refractivity contribution in [2.24, 2.45) is 10.9 Å². The second-order valence-corrected chi connectivity index (χ2v) is 11.4. The Morgan fingerprint density at radius 3 is 2.44 bits per heavy atom. The average molecular weight is 401 g/mol. The molecule has 8 heteroatoms. The SMILES string of the molecule is CCNC(=NCCS(=O)(=O)C(C)(C)C)NC1CCN(C(=O)C2CCCC2)C1. The molecule has 0 aromatic rings. The predicted molar refractivity (Wildman–Crippen MR) is 110 cm³/mol. The molecule has 1 saturated heterocycles. The van der Waals surface area contributed by atoms with Crippen molar-refractivity contribution < 1.29 is 13.2 Å². The molecular formula is C19H36N4O3S. The second kappa shape index (κ2) is 9.26. The van der Waals surface area contributed by atoms with Crippen LogP contribution in [0.5, 0.6) is 0 Å². The van der Waals surface area contributed by atoms with Gasteiger partial charge in [-0.2, -0.15) is 0 Å². The summed E-state index contributed by atoms with van der Waals surface area (Å²) in [5.41, 5.74) is 0. The van der Waals surface area contributed by atoms with Crippen molar-refractivity contribution in [3.63, 3.8) is 0 Å². The zero-order chi connectivity index (χ0) is 20.1. The highest BCUT2D eigenvalue weighted by Gasteiger charge is 2.32. The van der Waals surface area contributed by atoms with Crippen LogP contribution in [-0.4, -0.2) is 67.9 Å². The molecule has 156 valence electrons. The van der Waals surface area contributed by atoms with Gasteiger partial charge in [0.05, 0.1) is 17.0 Å². The third-order valence-electron chi connectivity index (χ3n) is 5.45. The Balaban J connectivity index is 1.87. The Bertz CT molecular complexity index is 634. The number of aliphatic imine (C=N–C) groups is 1. The van der Waals surface area contributed by atoms with Crippen LogP contribution in [0.25, 0.3) is 0 Å². The lowest BCUT2D eigenvalue weighted by molar-refractivity contribution is -0.134. The van der Waals surface area contributed by atoms with Gasteiger partial charge in [0.2, 0.25) is 5.91 Å². The zero-order valence-corrected chi connectivity index (χ0v) is 18.1. The van der Waals surface area contributed by atoms with E-state index in [2.05, 4.69) is 15.6 Å². The van der Waals surface area contributed by atoms with Crippen molar-refractivity contribution in [3.05, 3.63) is 0 Å². The predicted octanol–water partition coefficient (Wildman–Crippen LogP) is 1.55. The van der Waals surface area contributed by atoms with Crippen LogP contribution in [0, 0.1) is 5.92 Å². The molecule has 1 heterocycles. The number of nitrogens with zero attached hydrogens (tertiary/aromatic N) is 2. The van der Waals surface area contributed by atoms with Gasteiger partial charge in [-0.1, -0.05) is 12.8 Å². The Kier molecular flexibility index (Phi) is 7.54. The summed E-state index contributed by atoms with van der Waals surface area (Å²) in [7, 11) is -3.18. The Hall–Kier alpha value is -1.31. The normalized spacial score (nSPS) is 22.3. The maximum absolute atomic E-state index is 12.6. The fraction of sp³-hybridized carbons (Fsp3) is 0.895. The van der Waals surface area contributed by atoms with Crippen LogP contribution >= 0.6 is 0 Å². The average Bonchev–Trinajstić information content (AvgIpc) is 3.25. The molecule has 1 saturated carbocycles. The van der Waals surface area contributed by atoms with Gasteiger partial charge in [-0.15, -0.1) is 0 Å². The molecule has 0 aromatic heterocycles. The van der Waals surface area contributed by atoms with Crippen LogP contribution in [0.1, 0.15) is 59.8 Å². The largest absolute Gasteiger partial charge is 0.357 e. The molecule has 2 aliphatic rings. The first-order valence-corrected chi connectivity index (χ1v) is 11.8. The second-order valence-electron chi connectivity index (χ2n) is 8.59. The molecule has 0 bridgehead atoms. The van der Waals surface area contributed by atoms with Crippen LogP contribution in [0.15, 0.2) is 4.99 Å². The molecule has 1 aliphatic carbocycles. The molecule has 0 radical (unpaired) electrons. The molecule has 1 unspecified atom stereocenters. The number of sulfone groups is 1. The zero-order valence-electron chi connectivity index (χ0n) is 17.3. The Morgan fingerprint density at radius 1 is 1.19 bits per heavy atom. The quantitative estimate of drug-likeness (QED) is 0.521. The summed E-state index contributed by atoms with van der Waals surface area (Å²) in [5.74, 6) is 1.18. The van der Waals surface area contributed by atoms with E-state index < -0.39 is 14.6 Å². The van der Waals surface area contributed by atoms with Crippen molar-refractivity contribution in [3.8, 4) is 0 Å². The molecule has 2 N–H and O–H groups in total. The minimum atomic E-state index is -3.18. The van der Waals surface area contributed by atoms with E-state index in [-0.39, 0.29) is 24.3 Å². The van der Waals surface area contributed by atoms with Crippen LogP contribution in [-0.2, 0) is 14.6 Å². The number of hydrogen-bond acceptors (Lipinski definition) is 4. The molecule has 0 aromatic carbocycles. The van der Waals surface area contributed by atoms with Gasteiger partial charge in [-0.25, -0.2) is 8.42 Å². The summed E-state index contributed by atoms with van der Waals surface area (Å²) in [4.78, 5) is 19.0. The lowest BCUT2D eigenvalue weighted by Crippen LogP contribution is -2.45. The molecule has 0 spiro atoms. The summed E-state index contributed by atoms with van der Waals surface area (Å²) in [5, 5.41) is 6.54. The lowest BCUT2D eigenvalue weighted by Gasteiger charge is -2.22. The van der Waals surface area contributed by atoms with Gasteiger partial charge in [-0.3, -0.25) is 9.79 Å². The molecule has 7 nitrogen and oxygen atoms in total. The van der Waals surface area contributed by atoms with E-state index >= 15 is 0 Å². The van der Waals surface area contributed by atoms with Gasteiger partial charge in [0.15, 0.2) is 15.8 Å². The molecule has 27 heavy (non-hydrogen) atoms. The minimum absolute atomic E-state index is 0.0318. The summed E-state index contributed by atoms with van der Waals surface area (Å²) in [6, 6.07) is 0.160. The highest BCUT2D eigenvalue weighted by molar-refractivity contribution is 7.92. The topological polar surface area (TPSA) is 90.9 Å². The van der Waals surface area contributed by atoms with Crippen molar-refractivity contribution in [1.29, 1.82) is 0 Å². The number of hydrogen-bond donors (Lipinski definition) is 2. The summed E-state index contributed by atoms with van der Waals surface area (Å²) in [6.07, 6.45) is 5.28. The third-order valence-corrected chi connectivity index (χ3v) is 8.04. The number of amides is 1. The molecular weight excluding hydrogens is 364 g/mol. The van der Waals surface area contributed by atoms with Gasteiger partial charge in [0, 0.05) is 31.6 Å². The number of nitrogens with one attached hydrogen (secondary N) is 2. The monoisotopic (exact) mass is 400 g/mol. The van der Waals surface area contributed by atoms with E-state index in [1.165, 1.54) is 12.8 Å². The van der Waals surface area contributed by atoms with Gasteiger partial charge >= 0.3 is 0 Å². The molecule has 2 fully saturated rings. The number of carbonyl (C=O) groups is 1. The number of carbonyl (C=O) groups excluding carboxylic acids is 1. The van der Waals surface area contributed by atoms with Crippen molar-refractivity contribution in [2.75, 3.05) is 31.9 Å². The summed E-state index contributed by atoms with van der Waals surface area (Å²) in [6.45, 7) is 9.53. The molecule has 1 atom stereocenters. The third kappa shape index (κ3) is 6.09.